The third-order valence-corrected chi connectivity index (χ3v) is 3.55. The zero-order chi connectivity index (χ0) is 10.8. The predicted molar refractivity (Wildman–Crippen MR) is 60.7 cm³/mol. The van der Waals surface area contributed by atoms with Crippen molar-refractivity contribution in [2.75, 3.05) is 5.73 Å². The van der Waals surface area contributed by atoms with Crippen LogP contribution in [0, 0.1) is 5.92 Å². The molecular weight excluding hydrogens is 188 g/mol. The van der Waals surface area contributed by atoms with E-state index < -0.39 is 0 Å². The van der Waals surface area contributed by atoms with Crippen LogP contribution in [0.2, 0.25) is 0 Å². The van der Waals surface area contributed by atoms with E-state index in [2.05, 4.69) is 19.0 Å². The van der Waals surface area contributed by atoms with Crippen molar-refractivity contribution >= 4 is 5.82 Å². The third-order valence-electron chi connectivity index (χ3n) is 3.55. The Labute approximate surface area is 91.0 Å². The number of nitrogen functional groups attached to an aromatic ring is 1. The molecule has 1 saturated carbocycles. The van der Waals surface area contributed by atoms with Crippen molar-refractivity contribution in [2.24, 2.45) is 5.92 Å². The lowest BCUT2D eigenvalue weighted by atomic mass is 9.92. The fourth-order valence-corrected chi connectivity index (χ4v) is 2.66. The average molecular weight is 208 g/mol. The number of nitrogens with two attached hydrogens (primary N) is 1. The van der Waals surface area contributed by atoms with Crippen LogP contribution in [0.4, 0.5) is 5.82 Å². The molecule has 1 aromatic rings. The molecular formula is C12H20N2O. The molecule has 0 amide bonds. The second-order valence-corrected chi connectivity index (χ2v) is 4.68. The van der Waals surface area contributed by atoms with Gasteiger partial charge in [0.1, 0.15) is 5.76 Å². The Kier molecular flexibility index (Phi) is 2.98. The zero-order valence-corrected chi connectivity index (χ0v) is 9.62. The monoisotopic (exact) mass is 208 g/mol. The maximum atomic E-state index is 5.84. The van der Waals surface area contributed by atoms with Crippen LogP contribution in [0.5, 0.6) is 0 Å². The SMILES string of the molecule is CCCc1c(N)noc1C1CCCC1C. The van der Waals surface area contributed by atoms with E-state index in [4.69, 9.17) is 10.3 Å². The second-order valence-electron chi connectivity index (χ2n) is 4.68. The summed E-state index contributed by atoms with van der Waals surface area (Å²) in [4.78, 5) is 0. The summed E-state index contributed by atoms with van der Waals surface area (Å²) in [6.45, 7) is 4.46. The van der Waals surface area contributed by atoms with Gasteiger partial charge in [-0.3, -0.25) is 0 Å². The Bertz CT molecular complexity index is 332. The Morgan fingerprint density at radius 1 is 1.47 bits per heavy atom. The molecule has 15 heavy (non-hydrogen) atoms. The van der Waals surface area contributed by atoms with Gasteiger partial charge in [-0.15, -0.1) is 0 Å². The highest BCUT2D eigenvalue weighted by atomic mass is 16.5. The lowest BCUT2D eigenvalue weighted by molar-refractivity contribution is 0.338. The molecule has 1 aliphatic rings. The van der Waals surface area contributed by atoms with Gasteiger partial charge in [0, 0.05) is 11.5 Å². The molecule has 84 valence electrons. The summed E-state index contributed by atoms with van der Waals surface area (Å²) in [6, 6.07) is 0. The van der Waals surface area contributed by atoms with Gasteiger partial charge in [-0.1, -0.05) is 31.8 Å². The first kappa shape index (κ1) is 10.5. The van der Waals surface area contributed by atoms with Gasteiger partial charge < -0.3 is 10.3 Å². The van der Waals surface area contributed by atoms with Crippen LogP contribution in [0.3, 0.4) is 0 Å². The smallest absolute Gasteiger partial charge is 0.170 e. The Balaban J connectivity index is 2.26. The van der Waals surface area contributed by atoms with Crippen molar-refractivity contribution in [3.8, 4) is 0 Å². The molecule has 3 heteroatoms. The van der Waals surface area contributed by atoms with E-state index in [1.54, 1.807) is 0 Å². The van der Waals surface area contributed by atoms with E-state index in [0.717, 1.165) is 24.2 Å². The van der Waals surface area contributed by atoms with Gasteiger partial charge in [-0.05, 0) is 25.2 Å². The lowest BCUT2D eigenvalue weighted by Gasteiger charge is -2.13. The summed E-state index contributed by atoms with van der Waals surface area (Å²) >= 11 is 0. The quantitative estimate of drug-likeness (QED) is 0.830. The first-order chi connectivity index (χ1) is 7.24. The van der Waals surface area contributed by atoms with Crippen LogP contribution in [0.25, 0.3) is 0 Å². The van der Waals surface area contributed by atoms with Crippen LogP contribution in [-0.2, 0) is 6.42 Å². The van der Waals surface area contributed by atoms with E-state index in [1.165, 1.54) is 19.3 Å². The number of nitrogens with zero attached hydrogens (tertiary/aromatic N) is 1. The molecule has 1 aliphatic carbocycles. The first-order valence-corrected chi connectivity index (χ1v) is 5.98. The summed E-state index contributed by atoms with van der Waals surface area (Å²) in [6.07, 6.45) is 5.93. The van der Waals surface area contributed by atoms with Gasteiger partial charge in [0.15, 0.2) is 5.82 Å². The molecule has 2 atom stereocenters. The molecule has 2 N–H and O–H groups in total. The highest BCUT2D eigenvalue weighted by Crippen LogP contribution is 2.41. The van der Waals surface area contributed by atoms with Crippen molar-refractivity contribution in [3.05, 3.63) is 11.3 Å². The van der Waals surface area contributed by atoms with Gasteiger partial charge in [-0.25, -0.2) is 0 Å². The molecule has 2 unspecified atom stereocenters. The molecule has 0 aliphatic heterocycles. The number of hydrogen-bond donors (Lipinski definition) is 1. The summed E-state index contributed by atoms with van der Waals surface area (Å²) in [5.41, 5.74) is 7.00. The molecule has 3 nitrogen and oxygen atoms in total. The van der Waals surface area contributed by atoms with Gasteiger partial charge in [0.25, 0.3) is 0 Å². The zero-order valence-electron chi connectivity index (χ0n) is 9.62. The van der Waals surface area contributed by atoms with E-state index in [0.29, 0.717) is 17.7 Å². The largest absolute Gasteiger partial charge is 0.381 e. The van der Waals surface area contributed by atoms with Crippen molar-refractivity contribution in [1.29, 1.82) is 0 Å². The Morgan fingerprint density at radius 3 is 2.87 bits per heavy atom. The Morgan fingerprint density at radius 2 is 2.27 bits per heavy atom. The van der Waals surface area contributed by atoms with E-state index in [1.807, 2.05) is 0 Å². The molecule has 1 aromatic heterocycles. The van der Waals surface area contributed by atoms with E-state index in [-0.39, 0.29) is 0 Å². The van der Waals surface area contributed by atoms with Crippen molar-refractivity contribution < 1.29 is 4.52 Å². The van der Waals surface area contributed by atoms with E-state index >= 15 is 0 Å². The van der Waals surface area contributed by atoms with E-state index in [9.17, 15) is 0 Å². The van der Waals surface area contributed by atoms with Crippen LogP contribution in [0.1, 0.15) is 56.8 Å². The van der Waals surface area contributed by atoms with Crippen LogP contribution in [-0.4, -0.2) is 5.16 Å². The summed E-state index contributed by atoms with van der Waals surface area (Å²) < 4.78 is 5.43. The topological polar surface area (TPSA) is 52.0 Å². The summed E-state index contributed by atoms with van der Waals surface area (Å²) in [5, 5.41) is 3.92. The molecule has 2 rings (SSSR count). The third kappa shape index (κ3) is 1.87. The van der Waals surface area contributed by atoms with Gasteiger partial charge in [0.2, 0.25) is 0 Å². The van der Waals surface area contributed by atoms with Crippen molar-refractivity contribution in [2.45, 2.75) is 51.9 Å². The minimum Gasteiger partial charge on any atom is -0.381 e. The van der Waals surface area contributed by atoms with Gasteiger partial charge in [0.05, 0.1) is 0 Å². The second kappa shape index (κ2) is 4.25. The predicted octanol–water partition coefficient (Wildman–Crippen LogP) is 3.11. The van der Waals surface area contributed by atoms with Crippen LogP contribution in [0.15, 0.2) is 4.52 Å². The number of anilines is 1. The molecule has 1 fully saturated rings. The number of aromatic nitrogens is 1. The van der Waals surface area contributed by atoms with Crippen molar-refractivity contribution in [1.82, 2.24) is 5.16 Å². The van der Waals surface area contributed by atoms with Crippen LogP contribution >= 0.6 is 0 Å². The number of hydrogen-bond acceptors (Lipinski definition) is 3. The highest BCUT2D eigenvalue weighted by Gasteiger charge is 2.30. The average Bonchev–Trinajstić information content (AvgIpc) is 2.76. The van der Waals surface area contributed by atoms with Crippen molar-refractivity contribution in [3.63, 3.8) is 0 Å². The summed E-state index contributed by atoms with van der Waals surface area (Å²) in [5.74, 6) is 2.94. The number of rotatable bonds is 3. The minimum absolute atomic E-state index is 0.552. The first-order valence-electron chi connectivity index (χ1n) is 5.98. The molecule has 0 spiro atoms. The summed E-state index contributed by atoms with van der Waals surface area (Å²) in [7, 11) is 0. The normalized spacial score (nSPS) is 26.0. The molecule has 1 heterocycles. The molecule has 0 radical (unpaired) electrons. The molecule has 0 aromatic carbocycles. The lowest BCUT2D eigenvalue weighted by Crippen LogP contribution is -2.04. The highest BCUT2D eigenvalue weighted by molar-refractivity contribution is 5.42. The van der Waals surface area contributed by atoms with Gasteiger partial charge in [-0.2, -0.15) is 0 Å². The molecule has 0 bridgehead atoms. The Hall–Kier alpha value is -0.990. The standard InChI is InChI=1S/C12H20N2O/c1-3-5-10-11(15-14-12(10)13)9-7-4-6-8(9)2/h8-9H,3-7H2,1-2H3,(H2,13,14). The van der Waals surface area contributed by atoms with Gasteiger partial charge >= 0.3 is 0 Å². The maximum Gasteiger partial charge on any atom is 0.170 e. The minimum atomic E-state index is 0.552. The fraction of sp³-hybridized carbons (Fsp3) is 0.750. The maximum absolute atomic E-state index is 5.84. The fourth-order valence-electron chi connectivity index (χ4n) is 2.66. The molecule has 0 saturated heterocycles. The van der Waals surface area contributed by atoms with Crippen LogP contribution < -0.4 is 5.73 Å².